The van der Waals surface area contributed by atoms with Gasteiger partial charge in [0, 0.05) is 26.6 Å². The summed E-state index contributed by atoms with van der Waals surface area (Å²) in [5.41, 5.74) is 1.17. The molecule has 0 spiro atoms. The maximum absolute atomic E-state index is 5.34. The Morgan fingerprint density at radius 2 is 2.00 bits per heavy atom. The minimum atomic E-state index is 0. The molecule has 0 bridgehead atoms. The molecule has 1 aliphatic rings. The molecule has 0 radical (unpaired) electrons. The number of hydrogen-bond donors (Lipinski definition) is 0. The normalized spacial score (nSPS) is 11.7. The Morgan fingerprint density at radius 3 is 2.75 bits per heavy atom. The summed E-state index contributed by atoms with van der Waals surface area (Å²) in [6.45, 7) is 0.705. The quantitative estimate of drug-likeness (QED) is 0.655. The van der Waals surface area contributed by atoms with Crippen LogP contribution in [0.25, 0.3) is 6.08 Å². The molecule has 1 heterocycles. The van der Waals surface area contributed by atoms with E-state index in [1.807, 2.05) is 30.3 Å². The number of fused-ring (bicyclic) bond motifs is 1. The van der Waals surface area contributed by atoms with Crippen LogP contribution in [0.15, 0.2) is 30.3 Å². The number of benzene rings is 1. The molecule has 1 nitrogen and oxygen atoms in total. The van der Waals surface area contributed by atoms with Crippen molar-refractivity contribution < 1.29 is 28.7 Å². The molecule has 3 heteroatoms. The molecule has 2 rings (SSSR count). The minimum absolute atomic E-state index is 0. The average Bonchev–Trinajstić information content (AvgIpc) is 2.05. The zero-order valence-electron chi connectivity index (χ0n) is 8.69. The van der Waals surface area contributed by atoms with E-state index in [4.69, 9.17) is 4.74 Å². The second kappa shape index (κ2) is 6.21. The molecule has 0 aromatic heterocycles. The summed E-state index contributed by atoms with van der Waals surface area (Å²) in [6.07, 6.45) is 4.10. The average molecular weight is 270 g/mol. The number of ether oxygens (including phenoxy) is 1. The van der Waals surface area contributed by atoms with Crippen molar-refractivity contribution in [3.63, 3.8) is 0 Å². The molecule has 0 saturated heterocycles. The molecule has 0 N–H and O–H groups in total. The molecule has 1 aliphatic heterocycles. The standard InChI is InChI=1S/C9H8O.Ca.Mo.2H/c1-2-6-9-8(4-1)5-3-7-10-9;;;;/h1-6H,7H2;;;;/q;+2;;2*-1. The third-order valence-electron chi connectivity index (χ3n) is 1.55. The van der Waals surface area contributed by atoms with Gasteiger partial charge in [0.2, 0.25) is 0 Å². The molecule has 0 amide bonds. The number of para-hydroxylation sites is 1. The fourth-order valence-corrected chi connectivity index (χ4v) is 1.06. The van der Waals surface area contributed by atoms with Gasteiger partial charge >= 0.3 is 37.7 Å². The topological polar surface area (TPSA) is 9.23 Å². The molecule has 0 aliphatic carbocycles. The zero-order valence-corrected chi connectivity index (χ0v) is 10.9. The molecule has 0 saturated carbocycles. The zero-order chi connectivity index (χ0) is 6.81. The van der Waals surface area contributed by atoms with Crippen LogP contribution < -0.4 is 4.74 Å². The van der Waals surface area contributed by atoms with Crippen molar-refractivity contribution in [2.24, 2.45) is 0 Å². The van der Waals surface area contributed by atoms with Gasteiger partial charge in [-0.25, -0.2) is 0 Å². The van der Waals surface area contributed by atoms with Crippen LogP contribution in [0.2, 0.25) is 0 Å². The molecular weight excluding hydrogens is 260 g/mol. The maximum atomic E-state index is 5.34. The second-order valence-corrected chi connectivity index (χ2v) is 2.25. The second-order valence-electron chi connectivity index (χ2n) is 2.25. The van der Waals surface area contributed by atoms with Gasteiger partial charge in [-0.05, 0) is 12.1 Å². The first-order valence-corrected chi connectivity index (χ1v) is 3.35. The van der Waals surface area contributed by atoms with Gasteiger partial charge in [0.05, 0.1) is 0 Å². The first-order chi connectivity index (χ1) is 4.97. The van der Waals surface area contributed by atoms with Crippen LogP contribution in [0.5, 0.6) is 5.75 Å². The summed E-state index contributed by atoms with van der Waals surface area (Å²) in [5, 5.41) is 0. The Morgan fingerprint density at radius 1 is 1.25 bits per heavy atom. The van der Waals surface area contributed by atoms with Crippen LogP contribution in [0, 0.1) is 0 Å². The van der Waals surface area contributed by atoms with Crippen molar-refractivity contribution in [2.45, 2.75) is 0 Å². The first-order valence-electron chi connectivity index (χ1n) is 3.35. The van der Waals surface area contributed by atoms with E-state index in [9.17, 15) is 0 Å². The van der Waals surface area contributed by atoms with E-state index in [1.54, 1.807) is 0 Å². The summed E-state index contributed by atoms with van der Waals surface area (Å²) >= 11 is 0. The monoisotopic (exact) mass is 272 g/mol. The van der Waals surface area contributed by atoms with Crippen molar-refractivity contribution >= 4 is 43.8 Å². The SMILES string of the molecule is C1=Cc2ccccc2OC1.[Ca+2].[H-].[H-].[Mo]. The van der Waals surface area contributed by atoms with E-state index in [-0.39, 0.29) is 61.7 Å². The molecule has 1 aromatic rings. The Bertz CT molecular complexity index is 281. The summed E-state index contributed by atoms with van der Waals surface area (Å²) in [4.78, 5) is 0. The van der Waals surface area contributed by atoms with Gasteiger partial charge in [-0.2, -0.15) is 0 Å². The van der Waals surface area contributed by atoms with Gasteiger partial charge in [-0.3, -0.25) is 0 Å². The predicted molar refractivity (Wildman–Crippen MR) is 48.9 cm³/mol. The van der Waals surface area contributed by atoms with E-state index in [1.165, 1.54) is 5.56 Å². The Labute approximate surface area is 119 Å². The summed E-state index contributed by atoms with van der Waals surface area (Å²) in [7, 11) is 0. The summed E-state index contributed by atoms with van der Waals surface area (Å²) in [5.74, 6) is 0.991. The van der Waals surface area contributed by atoms with Crippen LogP contribution in [0.1, 0.15) is 8.42 Å². The predicted octanol–water partition coefficient (Wildman–Crippen LogP) is 1.93. The van der Waals surface area contributed by atoms with E-state index >= 15 is 0 Å². The summed E-state index contributed by atoms with van der Waals surface area (Å²) < 4.78 is 5.34. The van der Waals surface area contributed by atoms with E-state index in [2.05, 4.69) is 6.08 Å². The fourth-order valence-electron chi connectivity index (χ4n) is 1.06. The van der Waals surface area contributed by atoms with Gasteiger partial charge < -0.3 is 7.59 Å². The van der Waals surface area contributed by atoms with Gasteiger partial charge in [-0.1, -0.05) is 24.3 Å². The maximum Gasteiger partial charge on any atom is 2.00 e. The van der Waals surface area contributed by atoms with E-state index < -0.39 is 0 Å². The minimum Gasteiger partial charge on any atom is -1.00 e. The third kappa shape index (κ3) is 2.88. The van der Waals surface area contributed by atoms with Gasteiger partial charge in [-0.15, -0.1) is 0 Å². The molecule has 1 aromatic carbocycles. The molecular formula is C9H10CaMoO. The van der Waals surface area contributed by atoms with Gasteiger partial charge in [0.15, 0.2) is 0 Å². The third-order valence-corrected chi connectivity index (χ3v) is 1.55. The largest absolute Gasteiger partial charge is 2.00 e. The molecule has 0 atom stereocenters. The van der Waals surface area contributed by atoms with Crippen LogP contribution in [-0.4, -0.2) is 44.3 Å². The molecule has 0 unspecified atom stereocenters. The number of rotatable bonds is 0. The van der Waals surface area contributed by atoms with Gasteiger partial charge in [0.25, 0.3) is 0 Å². The Balaban J connectivity index is -0.000000302. The molecule has 60 valence electrons. The summed E-state index contributed by atoms with van der Waals surface area (Å²) in [6, 6.07) is 8.03. The number of hydrogen-bond acceptors (Lipinski definition) is 1. The van der Waals surface area contributed by atoms with Crippen molar-refractivity contribution in [2.75, 3.05) is 6.61 Å². The van der Waals surface area contributed by atoms with Crippen molar-refractivity contribution in [3.8, 4) is 5.75 Å². The Hall–Kier alpha value is 0.708. The van der Waals surface area contributed by atoms with Crippen molar-refractivity contribution in [1.29, 1.82) is 0 Å². The fraction of sp³-hybridized carbons (Fsp3) is 0.111. The Kier molecular flexibility index (Phi) is 6.57. The van der Waals surface area contributed by atoms with Crippen LogP contribution in [-0.2, 0) is 21.1 Å². The van der Waals surface area contributed by atoms with Crippen LogP contribution in [0.3, 0.4) is 0 Å². The molecule has 0 fully saturated rings. The first kappa shape index (κ1) is 12.7. The smallest absolute Gasteiger partial charge is 1.00 e. The van der Waals surface area contributed by atoms with Crippen LogP contribution in [0.4, 0.5) is 0 Å². The van der Waals surface area contributed by atoms with Crippen molar-refractivity contribution in [3.05, 3.63) is 35.9 Å². The van der Waals surface area contributed by atoms with Crippen molar-refractivity contribution in [1.82, 2.24) is 0 Å². The molecule has 12 heavy (non-hydrogen) atoms. The van der Waals surface area contributed by atoms with Crippen LogP contribution >= 0.6 is 0 Å². The van der Waals surface area contributed by atoms with E-state index in [0.717, 1.165) is 5.75 Å². The van der Waals surface area contributed by atoms with Gasteiger partial charge in [0.1, 0.15) is 12.4 Å². The van der Waals surface area contributed by atoms with E-state index in [0.29, 0.717) is 6.61 Å².